The molecule has 2 rings (SSSR count). The molecule has 0 aromatic carbocycles. The minimum absolute atomic E-state index is 0.441. The summed E-state index contributed by atoms with van der Waals surface area (Å²) in [5, 5.41) is 8.66. The first kappa shape index (κ1) is 9.68. The Kier molecular flexibility index (Phi) is 2.84. The Morgan fingerprint density at radius 2 is 2.57 bits per heavy atom. The Morgan fingerprint density at radius 1 is 1.71 bits per heavy atom. The molecule has 1 aromatic heterocycles. The van der Waals surface area contributed by atoms with Crippen LogP contribution in [0.3, 0.4) is 0 Å². The summed E-state index contributed by atoms with van der Waals surface area (Å²) < 4.78 is 0. The van der Waals surface area contributed by atoms with Crippen LogP contribution in [0.25, 0.3) is 0 Å². The molecule has 3 nitrogen and oxygen atoms in total. The van der Waals surface area contributed by atoms with Crippen LogP contribution >= 0.6 is 11.3 Å². The maximum Gasteiger partial charge on any atom is 0.0861 e. The minimum atomic E-state index is 0.441. The lowest BCUT2D eigenvalue weighted by molar-refractivity contribution is 0.294. The molecule has 1 aliphatic heterocycles. The van der Waals surface area contributed by atoms with E-state index in [9.17, 15) is 0 Å². The van der Waals surface area contributed by atoms with E-state index < -0.39 is 0 Å². The Hall–Kier alpha value is -0.870. The Morgan fingerprint density at radius 3 is 3.21 bits per heavy atom. The summed E-state index contributed by atoms with van der Waals surface area (Å²) in [7, 11) is 2.04. The van der Waals surface area contributed by atoms with Crippen LogP contribution in [0, 0.1) is 0 Å². The van der Waals surface area contributed by atoms with Crippen LogP contribution in [0.2, 0.25) is 0 Å². The molecule has 1 unspecified atom stereocenters. The highest BCUT2D eigenvalue weighted by molar-refractivity contribution is 7.10. The van der Waals surface area contributed by atoms with Crippen LogP contribution in [0.5, 0.6) is 0 Å². The van der Waals surface area contributed by atoms with Gasteiger partial charge in [0.15, 0.2) is 0 Å². The molecule has 0 saturated heterocycles. The van der Waals surface area contributed by atoms with Gasteiger partial charge in [0.1, 0.15) is 0 Å². The molecule has 0 bridgehead atoms. The van der Waals surface area contributed by atoms with Gasteiger partial charge in [-0.1, -0.05) is 6.07 Å². The zero-order chi connectivity index (χ0) is 9.97. The van der Waals surface area contributed by atoms with E-state index in [1.165, 1.54) is 10.6 Å². The number of hydrazone groups is 1. The number of thiophene rings is 1. The van der Waals surface area contributed by atoms with E-state index in [4.69, 9.17) is 5.73 Å². The number of hydrogen-bond donors (Lipinski definition) is 1. The zero-order valence-electron chi connectivity index (χ0n) is 8.31. The van der Waals surface area contributed by atoms with Gasteiger partial charge in [0.2, 0.25) is 0 Å². The van der Waals surface area contributed by atoms with Crippen molar-refractivity contribution < 1.29 is 0 Å². The predicted octanol–water partition coefficient (Wildman–Crippen LogP) is 1.83. The second kappa shape index (κ2) is 4.11. The molecule has 2 heterocycles. The Balaban J connectivity index is 2.06. The van der Waals surface area contributed by atoms with E-state index in [-0.39, 0.29) is 0 Å². The van der Waals surface area contributed by atoms with E-state index >= 15 is 0 Å². The number of nitrogens with two attached hydrogens (primary N) is 1. The third kappa shape index (κ3) is 1.81. The highest BCUT2D eigenvalue weighted by atomic mass is 32.1. The van der Waals surface area contributed by atoms with Crippen molar-refractivity contribution in [2.24, 2.45) is 10.8 Å². The topological polar surface area (TPSA) is 41.6 Å². The van der Waals surface area contributed by atoms with Gasteiger partial charge in [0.05, 0.1) is 6.04 Å². The van der Waals surface area contributed by atoms with Crippen molar-refractivity contribution in [3.63, 3.8) is 0 Å². The third-order valence-electron chi connectivity index (χ3n) is 2.48. The van der Waals surface area contributed by atoms with E-state index in [2.05, 4.69) is 27.6 Å². The largest absolute Gasteiger partial charge is 0.330 e. The summed E-state index contributed by atoms with van der Waals surface area (Å²) in [6.07, 6.45) is 1.96. The summed E-state index contributed by atoms with van der Waals surface area (Å²) in [6.45, 7) is 0.698. The van der Waals surface area contributed by atoms with Crippen LogP contribution in [-0.4, -0.2) is 24.3 Å². The molecule has 1 aliphatic rings. The van der Waals surface area contributed by atoms with Gasteiger partial charge in [-0.25, -0.2) is 0 Å². The Bertz CT molecular complexity index is 318. The van der Waals surface area contributed by atoms with Gasteiger partial charge < -0.3 is 5.73 Å². The van der Waals surface area contributed by atoms with Crippen molar-refractivity contribution in [2.45, 2.75) is 18.9 Å². The first-order chi connectivity index (χ1) is 6.81. The van der Waals surface area contributed by atoms with Gasteiger partial charge >= 0.3 is 0 Å². The average Bonchev–Trinajstić information content (AvgIpc) is 2.74. The lowest BCUT2D eigenvalue weighted by atomic mass is 10.1. The molecule has 2 N–H and O–H groups in total. The van der Waals surface area contributed by atoms with E-state index in [0.29, 0.717) is 12.6 Å². The molecule has 0 spiro atoms. The fourth-order valence-corrected chi connectivity index (χ4v) is 2.64. The van der Waals surface area contributed by atoms with Crippen molar-refractivity contribution in [2.75, 3.05) is 13.6 Å². The van der Waals surface area contributed by atoms with Crippen molar-refractivity contribution in [1.29, 1.82) is 0 Å². The summed E-state index contributed by atoms with van der Waals surface area (Å²) in [5.41, 5.74) is 6.75. The van der Waals surface area contributed by atoms with E-state index in [1.807, 2.05) is 7.05 Å². The van der Waals surface area contributed by atoms with Gasteiger partial charge in [-0.05, 0) is 24.4 Å². The molecule has 1 atom stereocenters. The summed E-state index contributed by atoms with van der Waals surface area (Å²) in [4.78, 5) is 1.39. The maximum absolute atomic E-state index is 5.52. The average molecular weight is 209 g/mol. The van der Waals surface area contributed by atoms with Gasteiger partial charge in [0.25, 0.3) is 0 Å². The van der Waals surface area contributed by atoms with Crippen molar-refractivity contribution in [1.82, 2.24) is 5.01 Å². The normalized spacial score (nSPS) is 21.4. The second-order valence-electron chi connectivity index (χ2n) is 3.51. The van der Waals surface area contributed by atoms with Gasteiger partial charge in [-0.3, -0.25) is 5.01 Å². The summed E-state index contributed by atoms with van der Waals surface area (Å²) in [6, 6.07) is 4.71. The standard InChI is InChI=1S/C10H15N3S/c1-13-9(10-3-2-6-14-10)7-8(12-13)4-5-11/h2-3,6,9H,4-5,7,11H2,1H3. The monoisotopic (exact) mass is 209 g/mol. The van der Waals surface area contributed by atoms with Gasteiger partial charge in [-0.15, -0.1) is 11.3 Å². The fourth-order valence-electron chi connectivity index (χ4n) is 1.77. The first-order valence-corrected chi connectivity index (χ1v) is 5.72. The highest BCUT2D eigenvalue weighted by Crippen LogP contribution is 2.32. The molecule has 0 amide bonds. The van der Waals surface area contributed by atoms with Gasteiger partial charge in [-0.2, -0.15) is 5.10 Å². The molecule has 0 radical (unpaired) electrons. The van der Waals surface area contributed by atoms with E-state index in [0.717, 1.165) is 12.8 Å². The molecular weight excluding hydrogens is 194 g/mol. The number of rotatable bonds is 3. The third-order valence-corrected chi connectivity index (χ3v) is 3.46. The SMILES string of the molecule is CN1N=C(CCN)CC1c1cccs1. The number of nitrogens with zero attached hydrogens (tertiary/aromatic N) is 2. The molecule has 0 aliphatic carbocycles. The smallest absolute Gasteiger partial charge is 0.0861 e. The molecule has 0 saturated carbocycles. The van der Waals surface area contributed by atoms with Gasteiger partial charge in [0, 0.05) is 24.1 Å². The first-order valence-electron chi connectivity index (χ1n) is 4.84. The summed E-state index contributed by atoms with van der Waals surface area (Å²) >= 11 is 1.80. The van der Waals surface area contributed by atoms with E-state index in [1.54, 1.807) is 11.3 Å². The molecule has 1 aromatic rings. The molecule has 14 heavy (non-hydrogen) atoms. The van der Waals surface area contributed by atoms with Crippen molar-refractivity contribution in [3.8, 4) is 0 Å². The minimum Gasteiger partial charge on any atom is -0.330 e. The van der Waals surface area contributed by atoms with Crippen molar-refractivity contribution in [3.05, 3.63) is 22.4 Å². The molecule has 4 heteroatoms. The van der Waals surface area contributed by atoms with Crippen LogP contribution in [-0.2, 0) is 0 Å². The lowest BCUT2D eigenvalue weighted by Gasteiger charge is -2.16. The van der Waals surface area contributed by atoms with Crippen LogP contribution in [0.4, 0.5) is 0 Å². The number of hydrogen-bond acceptors (Lipinski definition) is 4. The predicted molar refractivity (Wildman–Crippen MR) is 60.5 cm³/mol. The quantitative estimate of drug-likeness (QED) is 0.825. The lowest BCUT2D eigenvalue weighted by Crippen LogP contribution is -2.12. The molecule has 0 fully saturated rings. The zero-order valence-corrected chi connectivity index (χ0v) is 9.13. The van der Waals surface area contributed by atoms with Crippen LogP contribution in [0.1, 0.15) is 23.8 Å². The molecule has 76 valence electrons. The van der Waals surface area contributed by atoms with Crippen LogP contribution < -0.4 is 5.73 Å². The fraction of sp³-hybridized carbons (Fsp3) is 0.500. The summed E-state index contributed by atoms with van der Waals surface area (Å²) in [5.74, 6) is 0. The maximum atomic E-state index is 5.52. The molecular formula is C10H15N3S. The Labute approximate surface area is 88.2 Å². The second-order valence-corrected chi connectivity index (χ2v) is 4.49. The van der Waals surface area contributed by atoms with Crippen molar-refractivity contribution >= 4 is 17.0 Å². The highest BCUT2D eigenvalue weighted by Gasteiger charge is 2.25. The van der Waals surface area contributed by atoms with Crippen LogP contribution in [0.15, 0.2) is 22.6 Å².